The molecule has 0 atom stereocenters. The number of hydrogen-bond acceptors (Lipinski definition) is 1. The van der Waals surface area contributed by atoms with E-state index in [4.69, 9.17) is 0 Å². The first-order chi connectivity index (χ1) is 9.29. The van der Waals surface area contributed by atoms with Gasteiger partial charge in [0.15, 0.2) is 0 Å². The summed E-state index contributed by atoms with van der Waals surface area (Å²) in [6.45, 7) is 8.22. The Morgan fingerprint density at radius 1 is 1.32 bits per heavy atom. The summed E-state index contributed by atoms with van der Waals surface area (Å²) in [7, 11) is 0. The van der Waals surface area contributed by atoms with Gasteiger partial charge in [-0.2, -0.15) is 0 Å². The third-order valence-corrected chi connectivity index (χ3v) is 3.99. The molecule has 1 aliphatic heterocycles. The summed E-state index contributed by atoms with van der Waals surface area (Å²) in [5.74, 6) is 0. The van der Waals surface area contributed by atoms with E-state index in [0.717, 1.165) is 19.4 Å². The van der Waals surface area contributed by atoms with Crippen molar-refractivity contribution in [2.45, 2.75) is 46.0 Å². The van der Waals surface area contributed by atoms with Gasteiger partial charge in [0, 0.05) is 7.97 Å². The van der Waals surface area contributed by atoms with Crippen molar-refractivity contribution in [1.82, 2.24) is 4.90 Å². The van der Waals surface area contributed by atoms with Crippen molar-refractivity contribution < 1.29 is 1.43 Å². The van der Waals surface area contributed by atoms with E-state index in [-0.39, 0.29) is 1.43 Å². The van der Waals surface area contributed by atoms with E-state index in [1.165, 1.54) is 49.1 Å². The molecule has 1 heterocycles. The average Bonchev–Trinajstić information content (AvgIpc) is 2.64. The van der Waals surface area contributed by atoms with Crippen molar-refractivity contribution in [1.29, 1.82) is 0 Å². The first-order valence-electron chi connectivity index (χ1n) is 7.75. The molecule has 0 radical (unpaired) electrons. The van der Waals surface area contributed by atoms with Gasteiger partial charge in [-0.3, -0.25) is 4.90 Å². The van der Waals surface area contributed by atoms with Crippen LogP contribution in [-0.4, -0.2) is 24.5 Å². The Hall–Kier alpha value is -1.08. The van der Waals surface area contributed by atoms with Gasteiger partial charge in [0.25, 0.3) is 0 Å². The monoisotopic (exact) mass is 259 g/mol. The predicted octanol–water partition coefficient (Wildman–Crippen LogP) is 4.89. The standard InChI is InChI=1S/C18H27N.H2/c1-3-17-10-6-4-7-11-18(17)14-16(2)15-19-12-8-5-9-13-19;/h4,7,10-11,14H,3,5-6,8-9,12-13,15H2,1-2H3;1H/b16-14+;. The minimum atomic E-state index is 0. The lowest BCUT2D eigenvalue weighted by Gasteiger charge is -2.26. The van der Waals surface area contributed by atoms with E-state index >= 15 is 0 Å². The van der Waals surface area contributed by atoms with E-state index in [2.05, 4.69) is 49.1 Å². The Labute approximate surface area is 119 Å². The molecular formula is C18H29N. The van der Waals surface area contributed by atoms with Crippen LogP contribution in [0.3, 0.4) is 0 Å². The zero-order chi connectivity index (χ0) is 13.5. The second-order valence-corrected chi connectivity index (χ2v) is 5.70. The number of likely N-dealkylation sites (tertiary alicyclic amines) is 1. The molecule has 1 heteroatoms. The molecule has 1 saturated heterocycles. The summed E-state index contributed by atoms with van der Waals surface area (Å²) in [5.41, 5.74) is 4.39. The van der Waals surface area contributed by atoms with Crippen LogP contribution in [0.15, 0.2) is 47.1 Å². The molecule has 1 nitrogen and oxygen atoms in total. The number of hydrogen-bond donors (Lipinski definition) is 0. The fourth-order valence-electron chi connectivity index (χ4n) is 2.96. The van der Waals surface area contributed by atoms with Crippen molar-refractivity contribution in [3.8, 4) is 0 Å². The first kappa shape index (κ1) is 14.3. The number of allylic oxidation sites excluding steroid dienone is 7. The van der Waals surface area contributed by atoms with Crippen molar-refractivity contribution >= 4 is 0 Å². The Morgan fingerprint density at radius 3 is 2.84 bits per heavy atom. The summed E-state index contributed by atoms with van der Waals surface area (Å²) in [6, 6.07) is 0. The molecule has 0 bridgehead atoms. The normalized spacial score (nSPS) is 21.9. The highest BCUT2D eigenvalue weighted by Crippen LogP contribution is 2.21. The lowest BCUT2D eigenvalue weighted by atomic mass is 10.0. The quantitative estimate of drug-likeness (QED) is 0.695. The smallest absolute Gasteiger partial charge is 0.0193 e. The van der Waals surface area contributed by atoms with Crippen LogP contribution in [0.4, 0.5) is 0 Å². The zero-order valence-corrected chi connectivity index (χ0v) is 12.5. The fraction of sp³-hybridized carbons (Fsp3) is 0.556. The van der Waals surface area contributed by atoms with Crippen molar-refractivity contribution in [2.24, 2.45) is 0 Å². The highest BCUT2D eigenvalue weighted by molar-refractivity contribution is 5.45. The molecule has 0 unspecified atom stereocenters. The molecule has 106 valence electrons. The number of nitrogens with zero attached hydrogens (tertiary/aromatic N) is 1. The second kappa shape index (κ2) is 7.49. The summed E-state index contributed by atoms with van der Waals surface area (Å²) in [6.07, 6.45) is 17.8. The van der Waals surface area contributed by atoms with Gasteiger partial charge in [0.2, 0.25) is 0 Å². The number of rotatable bonds is 4. The molecule has 2 aliphatic rings. The maximum Gasteiger partial charge on any atom is 0.0193 e. The zero-order valence-electron chi connectivity index (χ0n) is 12.5. The molecule has 0 amide bonds. The average molecular weight is 259 g/mol. The van der Waals surface area contributed by atoms with Crippen LogP contribution in [0.2, 0.25) is 0 Å². The van der Waals surface area contributed by atoms with Crippen molar-refractivity contribution in [2.75, 3.05) is 19.6 Å². The van der Waals surface area contributed by atoms with Crippen LogP contribution in [-0.2, 0) is 0 Å². The molecule has 0 spiro atoms. The predicted molar refractivity (Wildman–Crippen MR) is 86.4 cm³/mol. The molecule has 0 saturated carbocycles. The molecule has 0 aromatic carbocycles. The molecular weight excluding hydrogens is 230 g/mol. The molecule has 1 fully saturated rings. The summed E-state index contributed by atoms with van der Waals surface area (Å²) in [5, 5.41) is 0. The lowest BCUT2D eigenvalue weighted by Crippen LogP contribution is -2.31. The third-order valence-electron chi connectivity index (χ3n) is 3.99. The second-order valence-electron chi connectivity index (χ2n) is 5.70. The molecule has 0 N–H and O–H groups in total. The maximum absolute atomic E-state index is 2.60. The fourth-order valence-corrected chi connectivity index (χ4v) is 2.96. The SMILES string of the molecule is CCC1=CCC=CC=C1/C=C(\C)CN1CCCCC1.[HH]. The van der Waals surface area contributed by atoms with Crippen LogP contribution >= 0.6 is 0 Å². The molecule has 19 heavy (non-hydrogen) atoms. The molecule has 1 aliphatic carbocycles. The molecule has 0 aromatic heterocycles. The summed E-state index contributed by atoms with van der Waals surface area (Å²) >= 11 is 0. The van der Waals surface area contributed by atoms with Crippen LogP contribution in [0, 0.1) is 0 Å². The van der Waals surface area contributed by atoms with Crippen LogP contribution in [0.25, 0.3) is 0 Å². The van der Waals surface area contributed by atoms with Crippen molar-refractivity contribution in [3.05, 3.63) is 47.1 Å². The highest BCUT2D eigenvalue weighted by Gasteiger charge is 2.10. The summed E-state index contributed by atoms with van der Waals surface area (Å²) < 4.78 is 0. The lowest BCUT2D eigenvalue weighted by molar-refractivity contribution is 0.246. The number of piperidine rings is 1. The van der Waals surface area contributed by atoms with Gasteiger partial charge in [0.05, 0.1) is 0 Å². The van der Waals surface area contributed by atoms with Gasteiger partial charge in [-0.05, 0) is 56.8 Å². The van der Waals surface area contributed by atoms with E-state index in [1.807, 2.05) is 0 Å². The van der Waals surface area contributed by atoms with Gasteiger partial charge < -0.3 is 0 Å². The van der Waals surface area contributed by atoms with Gasteiger partial charge in [0.1, 0.15) is 0 Å². The molecule has 0 aromatic rings. The Bertz CT molecular complexity index is 409. The van der Waals surface area contributed by atoms with E-state index in [1.54, 1.807) is 0 Å². The maximum atomic E-state index is 2.60. The Morgan fingerprint density at radius 2 is 2.11 bits per heavy atom. The minimum Gasteiger partial charge on any atom is -0.299 e. The minimum absolute atomic E-state index is 0. The van der Waals surface area contributed by atoms with E-state index < -0.39 is 0 Å². The van der Waals surface area contributed by atoms with Crippen LogP contribution in [0.5, 0.6) is 0 Å². The van der Waals surface area contributed by atoms with Gasteiger partial charge in [-0.1, -0.05) is 49.3 Å². The topological polar surface area (TPSA) is 3.24 Å². The van der Waals surface area contributed by atoms with E-state index in [9.17, 15) is 0 Å². The first-order valence-corrected chi connectivity index (χ1v) is 7.75. The van der Waals surface area contributed by atoms with Crippen molar-refractivity contribution in [3.63, 3.8) is 0 Å². The van der Waals surface area contributed by atoms with Gasteiger partial charge in [-0.15, -0.1) is 0 Å². The Balaban J connectivity index is 0.00000200. The highest BCUT2D eigenvalue weighted by atomic mass is 15.1. The summed E-state index contributed by atoms with van der Waals surface area (Å²) in [4.78, 5) is 2.60. The van der Waals surface area contributed by atoms with Crippen LogP contribution < -0.4 is 0 Å². The van der Waals surface area contributed by atoms with Crippen LogP contribution in [0.1, 0.15) is 47.4 Å². The van der Waals surface area contributed by atoms with Gasteiger partial charge >= 0.3 is 0 Å². The Kier molecular flexibility index (Phi) is 5.65. The molecule has 2 rings (SSSR count). The largest absolute Gasteiger partial charge is 0.299 e. The third kappa shape index (κ3) is 4.50. The van der Waals surface area contributed by atoms with E-state index in [0.29, 0.717) is 0 Å². The van der Waals surface area contributed by atoms with Gasteiger partial charge in [-0.25, -0.2) is 0 Å².